The zero-order valence-corrected chi connectivity index (χ0v) is 16.8. The van der Waals surface area contributed by atoms with Gasteiger partial charge in [-0.2, -0.15) is 5.10 Å². The summed E-state index contributed by atoms with van der Waals surface area (Å²) >= 11 is 4.55. The van der Waals surface area contributed by atoms with E-state index in [1.165, 1.54) is 22.5 Å². The molecule has 0 radical (unpaired) electrons. The molecule has 9 heteroatoms. The molecular weight excluding hydrogens is 442 g/mol. The van der Waals surface area contributed by atoms with Crippen molar-refractivity contribution in [3.05, 3.63) is 75.6 Å². The molecule has 1 amide bonds. The predicted molar refractivity (Wildman–Crippen MR) is 113 cm³/mol. The molecular formula is C19H14BrN5O2S. The Morgan fingerprint density at radius 1 is 1.14 bits per heavy atom. The molecule has 2 N–H and O–H groups in total. The average Bonchev–Trinajstić information content (AvgIpc) is 3.18. The molecule has 0 bridgehead atoms. The number of anilines is 1. The smallest absolute Gasteiger partial charge is 0.269 e. The van der Waals surface area contributed by atoms with Crippen LogP contribution < -0.4 is 10.9 Å². The van der Waals surface area contributed by atoms with Crippen LogP contribution in [0.15, 0.2) is 75.2 Å². The summed E-state index contributed by atoms with van der Waals surface area (Å²) in [4.78, 5) is 29.7. The number of nitrogens with zero attached hydrogens (tertiary/aromatic N) is 3. The third-order valence-corrected chi connectivity index (χ3v) is 5.39. The van der Waals surface area contributed by atoms with Gasteiger partial charge in [0.05, 0.1) is 17.6 Å². The number of aromatic nitrogens is 4. The molecule has 0 unspecified atom stereocenters. The predicted octanol–water partition coefficient (Wildman–Crippen LogP) is 3.60. The number of benzene rings is 2. The van der Waals surface area contributed by atoms with Crippen molar-refractivity contribution in [2.75, 3.05) is 11.1 Å². The summed E-state index contributed by atoms with van der Waals surface area (Å²) in [7, 11) is 0. The molecule has 2 aromatic heterocycles. The Morgan fingerprint density at radius 3 is 2.64 bits per heavy atom. The minimum Gasteiger partial charge on any atom is -0.325 e. The van der Waals surface area contributed by atoms with E-state index in [9.17, 15) is 9.59 Å². The number of carbonyl (C=O) groups is 1. The number of carbonyl (C=O) groups excluding carboxylic acids is 1. The zero-order valence-electron chi connectivity index (χ0n) is 14.4. The lowest BCUT2D eigenvalue weighted by molar-refractivity contribution is -0.113. The van der Waals surface area contributed by atoms with Crippen LogP contribution in [0.4, 0.5) is 5.69 Å². The number of H-pyrrole nitrogens is 1. The van der Waals surface area contributed by atoms with Gasteiger partial charge < -0.3 is 5.32 Å². The Hall–Kier alpha value is -2.91. The van der Waals surface area contributed by atoms with Crippen LogP contribution in [0.1, 0.15) is 0 Å². The molecule has 2 heterocycles. The first-order chi connectivity index (χ1) is 13.6. The Balaban J connectivity index is 1.61. The van der Waals surface area contributed by atoms with Crippen LogP contribution in [0.5, 0.6) is 0 Å². The van der Waals surface area contributed by atoms with E-state index >= 15 is 0 Å². The van der Waals surface area contributed by atoms with Crippen LogP contribution >= 0.6 is 27.7 Å². The summed E-state index contributed by atoms with van der Waals surface area (Å²) in [5, 5.41) is 10.3. The lowest BCUT2D eigenvalue weighted by Gasteiger charge is -2.12. The first-order valence-corrected chi connectivity index (χ1v) is 10.1. The molecule has 2 aromatic carbocycles. The van der Waals surface area contributed by atoms with E-state index in [0.29, 0.717) is 27.6 Å². The second-order valence-electron chi connectivity index (χ2n) is 5.85. The van der Waals surface area contributed by atoms with Gasteiger partial charge in [-0.25, -0.2) is 4.98 Å². The van der Waals surface area contributed by atoms with Gasteiger partial charge in [-0.05, 0) is 36.4 Å². The quantitative estimate of drug-likeness (QED) is 0.354. The standard InChI is InChI=1S/C19H14BrN5O2S/c20-12-6-8-13(9-7-12)22-16(26)11-28-19-23-17-15(10-21-24-17)18(27)25(19)14-4-2-1-3-5-14/h1-10H,11H2,(H,21,24)(H,22,26). The number of fused-ring (bicyclic) bond motifs is 1. The lowest BCUT2D eigenvalue weighted by atomic mass is 10.3. The van der Waals surface area contributed by atoms with E-state index < -0.39 is 0 Å². The largest absolute Gasteiger partial charge is 0.325 e. The third kappa shape index (κ3) is 3.85. The molecule has 0 saturated carbocycles. The van der Waals surface area contributed by atoms with E-state index in [0.717, 1.165) is 4.47 Å². The number of halogens is 1. The minimum absolute atomic E-state index is 0.106. The number of aromatic amines is 1. The molecule has 4 rings (SSSR count). The van der Waals surface area contributed by atoms with Gasteiger partial charge in [-0.1, -0.05) is 45.9 Å². The highest BCUT2D eigenvalue weighted by atomic mass is 79.9. The highest BCUT2D eigenvalue weighted by Gasteiger charge is 2.16. The molecule has 0 saturated heterocycles. The van der Waals surface area contributed by atoms with Gasteiger partial charge in [0.25, 0.3) is 5.56 Å². The molecule has 0 fully saturated rings. The maximum atomic E-state index is 12.9. The summed E-state index contributed by atoms with van der Waals surface area (Å²) in [5.41, 5.74) is 1.54. The van der Waals surface area contributed by atoms with E-state index in [-0.39, 0.29) is 17.2 Å². The van der Waals surface area contributed by atoms with Crippen molar-refractivity contribution >= 4 is 50.3 Å². The fourth-order valence-corrected chi connectivity index (χ4v) is 3.71. The van der Waals surface area contributed by atoms with Gasteiger partial charge in [0.15, 0.2) is 10.8 Å². The normalized spacial score (nSPS) is 10.9. The minimum atomic E-state index is -0.235. The molecule has 7 nitrogen and oxygen atoms in total. The molecule has 0 atom stereocenters. The van der Waals surface area contributed by atoms with Crippen LogP contribution in [0.3, 0.4) is 0 Å². The fourth-order valence-electron chi connectivity index (χ4n) is 2.64. The molecule has 0 spiro atoms. The Bertz CT molecular complexity index is 1190. The maximum Gasteiger partial charge on any atom is 0.269 e. The third-order valence-electron chi connectivity index (χ3n) is 3.93. The van der Waals surface area contributed by atoms with Crippen LogP contribution in [0.25, 0.3) is 16.7 Å². The number of rotatable bonds is 5. The van der Waals surface area contributed by atoms with Crippen molar-refractivity contribution in [3.63, 3.8) is 0 Å². The second kappa shape index (κ2) is 7.99. The topological polar surface area (TPSA) is 92.7 Å². The first kappa shape index (κ1) is 18.5. The van der Waals surface area contributed by atoms with Gasteiger partial charge in [-0.3, -0.25) is 19.3 Å². The summed E-state index contributed by atoms with van der Waals surface area (Å²) in [6.07, 6.45) is 1.46. The van der Waals surface area contributed by atoms with Gasteiger partial charge in [0.2, 0.25) is 5.91 Å². The van der Waals surface area contributed by atoms with Crippen molar-refractivity contribution in [1.82, 2.24) is 19.7 Å². The molecule has 0 aliphatic carbocycles. The highest BCUT2D eigenvalue weighted by molar-refractivity contribution is 9.10. The number of hydrogen-bond acceptors (Lipinski definition) is 5. The van der Waals surface area contributed by atoms with Crippen LogP contribution in [-0.4, -0.2) is 31.4 Å². The average molecular weight is 456 g/mol. The van der Waals surface area contributed by atoms with Crippen LogP contribution in [0.2, 0.25) is 0 Å². The van der Waals surface area contributed by atoms with Gasteiger partial charge in [0, 0.05) is 10.2 Å². The van der Waals surface area contributed by atoms with E-state index in [1.807, 2.05) is 42.5 Å². The Morgan fingerprint density at radius 2 is 1.89 bits per heavy atom. The number of para-hydroxylation sites is 1. The Kier molecular flexibility index (Phi) is 5.27. The second-order valence-corrected chi connectivity index (χ2v) is 7.70. The van der Waals surface area contributed by atoms with Crippen molar-refractivity contribution < 1.29 is 4.79 Å². The number of nitrogens with one attached hydrogen (secondary N) is 2. The van der Waals surface area contributed by atoms with Crippen molar-refractivity contribution in [2.45, 2.75) is 5.16 Å². The summed E-state index contributed by atoms with van der Waals surface area (Å²) in [6.45, 7) is 0. The molecule has 28 heavy (non-hydrogen) atoms. The monoisotopic (exact) mass is 455 g/mol. The molecule has 140 valence electrons. The summed E-state index contributed by atoms with van der Waals surface area (Å²) < 4.78 is 2.43. The van der Waals surface area contributed by atoms with Crippen molar-refractivity contribution in [2.24, 2.45) is 0 Å². The highest BCUT2D eigenvalue weighted by Crippen LogP contribution is 2.21. The van der Waals surface area contributed by atoms with Crippen LogP contribution in [-0.2, 0) is 4.79 Å². The van der Waals surface area contributed by atoms with Gasteiger partial charge >= 0.3 is 0 Å². The van der Waals surface area contributed by atoms with Crippen LogP contribution in [0, 0.1) is 0 Å². The summed E-state index contributed by atoms with van der Waals surface area (Å²) in [5.74, 6) is -0.0829. The maximum absolute atomic E-state index is 12.9. The number of amides is 1. The fraction of sp³-hybridized carbons (Fsp3) is 0.0526. The van der Waals surface area contributed by atoms with Crippen molar-refractivity contribution in [3.8, 4) is 5.69 Å². The Labute approximate surface area is 172 Å². The van der Waals surface area contributed by atoms with E-state index in [2.05, 4.69) is 36.4 Å². The molecule has 4 aromatic rings. The summed E-state index contributed by atoms with van der Waals surface area (Å²) in [6, 6.07) is 16.5. The van der Waals surface area contributed by atoms with E-state index in [1.54, 1.807) is 12.1 Å². The van der Waals surface area contributed by atoms with Crippen molar-refractivity contribution in [1.29, 1.82) is 0 Å². The lowest BCUT2D eigenvalue weighted by Crippen LogP contribution is -2.22. The zero-order chi connectivity index (χ0) is 19.5. The van der Waals surface area contributed by atoms with Gasteiger partial charge in [-0.15, -0.1) is 0 Å². The number of hydrogen-bond donors (Lipinski definition) is 2. The molecule has 0 aliphatic rings. The number of thioether (sulfide) groups is 1. The van der Waals surface area contributed by atoms with E-state index in [4.69, 9.17) is 0 Å². The molecule has 0 aliphatic heterocycles. The first-order valence-electron chi connectivity index (χ1n) is 8.31. The SMILES string of the molecule is O=C(CSc1nc2[nH]ncc2c(=O)n1-c1ccccc1)Nc1ccc(Br)cc1. The van der Waals surface area contributed by atoms with Gasteiger partial charge in [0.1, 0.15) is 5.39 Å².